The molecule has 1 aromatic heterocycles. The minimum Gasteiger partial charge on any atom is -0.330 e. The van der Waals surface area contributed by atoms with Gasteiger partial charge in [0.1, 0.15) is 5.82 Å². The SMILES string of the molecule is CCc1ccc(Nc2nnc(S[C@@H](C)C(=O)Nc3ccc(F)cc3)s2)cc1. The molecule has 2 aromatic carbocycles. The van der Waals surface area contributed by atoms with E-state index in [0.717, 1.165) is 12.1 Å². The molecule has 0 aliphatic heterocycles. The number of aromatic nitrogens is 2. The van der Waals surface area contributed by atoms with E-state index in [0.29, 0.717) is 15.2 Å². The summed E-state index contributed by atoms with van der Waals surface area (Å²) < 4.78 is 13.6. The van der Waals surface area contributed by atoms with Gasteiger partial charge in [0, 0.05) is 11.4 Å². The number of anilines is 3. The van der Waals surface area contributed by atoms with Crippen molar-refractivity contribution >= 4 is 45.5 Å². The van der Waals surface area contributed by atoms with Crippen molar-refractivity contribution in [3.05, 3.63) is 59.9 Å². The molecule has 0 saturated heterocycles. The fourth-order valence-electron chi connectivity index (χ4n) is 2.24. The molecular formula is C19H19FN4OS2. The number of amides is 1. The van der Waals surface area contributed by atoms with Gasteiger partial charge in [-0.05, 0) is 55.3 Å². The number of hydrogen-bond donors (Lipinski definition) is 2. The van der Waals surface area contributed by atoms with Crippen molar-refractivity contribution in [2.24, 2.45) is 0 Å². The van der Waals surface area contributed by atoms with Crippen LogP contribution in [0.25, 0.3) is 0 Å². The molecule has 0 unspecified atom stereocenters. The molecule has 0 spiro atoms. The zero-order chi connectivity index (χ0) is 19.2. The summed E-state index contributed by atoms with van der Waals surface area (Å²) in [5, 5.41) is 14.5. The van der Waals surface area contributed by atoms with Crippen LogP contribution < -0.4 is 10.6 Å². The van der Waals surface area contributed by atoms with Gasteiger partial charge in [0.15, 0.2) is 4.34 Å². The third-order valence-corrected chi connectivity index (χ3v) is 5.80. The molecule has 0 bridgehead atoms. The first-order valence-corrected chi connectivity index (χ1v) is 10.2. The van der Waals surface area contributed by atoms with E-state index in [-0.39, 0.29) is 17.0 Å². The number of nitrogens with zero attached hydrogens (tertiary/aromatic N) is 2. The average Bonchev–Trinajstić information content (AvgIpc) is 3.11. The second-order valence-electron chi connectivity index (χ2n) is 5.80. The molecule has 5 nitrogen and oxygen atoms in total. The van der Waals surface area contributed by atoms with Crippen LogP contribution in [0.5, 0.6) is 0 Å². The molecular weight excluding hydrogens is 383 g/mol. The van der Waals surface area contributed by atoms with Crippen LogP contribution in [0.15, 0.2) is 52.9 Å². The highest BCUT2D eigenvalue weighted by molar-refractivity contribution is 8.02. The molecule has 0 aliphatic carbocycles. The Bertz CT molecular complexity index is 897. The van der Waals surface area contributed by atoms with Crippen LogP contribution in [-0.2, 0) is 11.2 Å². The van der Waals surface area contributed by atoms with Gasteiger partial charge in [0.25, 0.3) is 0 Å². The van der Waals surface area contributed by atoms with E-state index in [9.17, 15) is 9.18 Å². The van der Waals surface area contributed by atoms with Gasteiger partial charge in [-0.15, -0.1) is 10.2 Å². The van der Waals surface area contributed by atoms with Gasteiger partial charge < -0.3 is 10.6 Å². The number of rotatable bonds is 7. The van der Waals surface area contributed by atoms with Crippen molar-refractivity contribution in [2.45, 2.75) is 29.9 Å². The topological polar surface area (TPSA) is 66.9 Å². The van der Waals surface area contributed by atoms with Gasteiger partial charge in [-0.3, -0.25) is 4.79 Å². The van der Waals surface area contributed by atoms with Gasteiger partial charge in [0.05, 0.1) is 5.25 Å². The van der Waals surface area contributed by atoms with Crippen molar-refractivity contribution < 1.29 is 9.18 Å². The maximum Gasteiger partial charge on any atom is 0.237 e. The van der Waals surface area contributed by atoms with Gasteiger partial charge in [-0.1, -0.05) is 42.2 Å². The molecule has 0 fully saturated rings. The highest BCUT2D eigenvalue weighted by Crippen LogP contribution is 2.31. The molecule has 3 aromatic rings. The van der Waals surface area contributed by atoms with Gasteiger partial charge in [-0.25, -0.2) is 4.39 Å². The van der Waals surface area contributed by atoms with Gasteiger partial charge in [-0.2, -0.15) is 0 Å². The molecule has 8 heteroatoms. The Morgan fingerprint density at radius 1 is 1.11 bits per heavy atom. The first-order chi connectivity index (χ1) is 13.0. The maximum absolute atomic E-state index is 12.9. The second-order valence-corrected chi connectivity index (χ2v) is 8.37. The van der Waals surface area contributed by atoms with E-state index < -0.39 is 0 Å². The molecule has 2 N–H and O–H groups in total. The zero-order valence-corrected chi connectivity index (χ0v) is 16.5. The first-order valence-electron chi connectivity index (χ1n) is 8.46. The minimum absolute atomic E-state index is 0.175. The van der Waals surface area contributed by atoms with E-state index in [1.165, 1.54) is 52.9 Å². The highest BCUT2D eigenvalue weighted by atomic mass is 32.2. The first kappa shape index (κ1) is 19.3. The van der Waals surface area contributed by atoms with Crippen LogP contribution in [0, 0.1) is 5.82 Å². The minimum atomic E-state index is -0.361. The maximum atomic E-state index is 12.9. The van der Waals surface area contributed by atoms with Crippen molar-refractivity contribution in [1.29, 1.82) is 0 Å². The number of benzene rings is 2. The summed E-state index contributed by atoms with van der Waals surface area (Å²) >= 11 is 2.72. The summed E-state index contributed by atoms with van der Waals surface area (Å²) in [7, 11) is 0. The van der Waals surface area contributed by atoms with Crippen LogP contribution in [0.3, 0.4) is 0 Å². The second kappa shape index (κ2) is 8.96. The average molecular weight is 403 g/mol. The van der Waals surface area contributed by atoms with Crippen molar-refractivity contribution in [3.8, 4) is 0 Å². The Hall–Kier alpha value is -2.45. The number of nitrogens with one attached hydrogen (secondary N) is 2. The summed E-state index contributed by atoms with van der Waals surface area (Å²) in [6.07, 6.45) is 0.998. The molecule has 27 heavy (non-hydrogen) atoms. The van der Waals surface area contributed by atoms with Crippen LogP contribution in [-0.4, -0.2) is 21.4 Å². The number of carbonyl (C=O) groups is 1. The lowest BCUT2D eigenvalue weighted by Gasteiger charge is -2.10. The number of hydrogen-bond acceptors (Lipinski definition) is 6. The number of halogens is 1. The van der Waals surface area contributed by atoms with Crippen LogP contribution >= 0.6 is 23.1 Å². The lowest BCUT2D eigenvalue weighted by molar-refractivity contribution is -0.115. The highest BCUT2D eigenvalue weighted by Gasteiger charge is 2.17. The van der Waals surface area contributed by atoms with E-state index in [1.54, 1.807) is 6.92 Å². The predicted octanol–water partition coefficient (Wildman–Crippen LogP) is 5.10. The van der Waals surface area contributed by atoms with E-state index in [2.05, 4.69) is 39.9 Å². The predicted molar refractivity (Wildman–Crippen MR) is 109 cm³/mol. The molecule has 0 saturated carbocycles. The van der Waals surface area contributed by atoms with Crippen LogP contribution in [0.2, 0.25) is 0 Å². The zero-order valence-electron chi connectivity index (χ0n) is 14.9. The summed E-state index contributed by atoms with van der Waals surface area (Å²) in [6, 6.07) is 13.8. The van der Waals surface area contributed by atoms with Crippen molar-refractivity contribution in [3.63, 3.8) is 0 Å². The lowest BCUT2D eigenvalue weighted by Crippen LogP contribution is -2.22. The summed E-state index contributed by atoms with van der Waals surface area (Å²) in [5.74, 6) is -0.514. The number of aryl methyl sites for hydroxylation is 1. The summed E-state index contributed by atoms with van der Waals surface area (Å²) in [6.45, 7) is 3.91. The number of thioether (sulfide) groups is 1. The largest absolute Gasteiger partial charge is 0.330 e. The van der Waals surface area contributed by atoms with E-state index in [1.807, 2.05) is 12.1 Å². The van der Waals surface area contributed by atoms with Crippen LogP contribution in [0.1, 0.15) is 19.4 Å². The van der Waals surface area contributed by atoms with Crippen molar-refractivity contribution in [1.82, 2.24) is 10.2 Å². The van der Waals surface area contributed by atoms with Crippen LogP contribution in [0.4, 0.5) is 20.9 Å². The third-order valence-electron chi connectivity index (χ3n) is 3.78. The normalized spacial score (nSPS) is 11.8. The molecule has 0 radical (unpaired) electrons. The molecule has 140 valence electrons. The molecule has 1 amide bonds. The monoisotopic (exact) mass is 402 g/mol. The Morgan fingerprint density at radius 3 is 2.44 bits per heavy atom. The fourth-order valence-corrected chi connectivity index (χ4v) is 4.15. The summed E-state index contributed by atoms with van der Waals surface area (Å²) in [4.78, 5) is 12.3. The molecule has 1 atom stereocenters. The smallest absolute Gasteiger partial charge is 0.237 e. The Morgan fingerprint density at radius 2 is 1.78 bits per heavy atom. The molecule has 0 aliphatic rings. The Labute approximate surface area is 165 Å². The van der Waals surface area contributed by atoms with E-state index in [4.69, 9.17) is 0 Å². The Kier molecular flexibility index (Phi) is 6.41. The lowest BCUT2D eigenvalue weighted by atomic mass is 10.1. The quantitative estimate of drug-likeness (QED) is 0.538. The Balaban J connectivity index is 1.55. The molecule has 3 rings (SSSR count). The molecule has 1 heterocycles. The van der Waals surface area contributed by atoms with Crippen molar-refractivity contribution in [2.75, 3.05) is 10.6 Å². The third kappa shape index (κ3) is 5.51. The van der Waals surface area contributed by atoms with Gasteiger partial charge >= 0.3 is 0 Å². The summed E-state index contributed by atoms with van der Waals surface area (Å²) in [5.41, 5.74) is 2.78. The van der Waals surface area contributed by atoms with Gasteiger partial charge in [0.2, 0.25) is 11.0 Å². The standard InChI is InChI=1S/C19H19FN4OS2/c1-3-13-4-8-16(9-5-13)22-18-23-24-19(27-18)26-12(2)17(25)21-15-10-6-14(20)7-11-15/h4-12H,3H2,1-2H3,(H,21,25)(H,22,23)/t12-/m0/s1. The van der Waals surface area contributed by atoms with E-state index >= 15 is 0 Å². The fraction of sp³-hybridized carbons (Fsp3) is 0.211. The number of carbonyl (C=O) groups excluding carboxylic acids is 1.